The molecule has 0 saturated heterocycles. The van der Waals surface area contributed by atoms with Crippen molar-refractivity contribution in [2.45, 2.75) is 18.7 Å². The smallest absolute Gasteiger partial charge is 0.323 e. The minimum atomic E-state index is -3.34. The average Bonchev–Trinajstić information content (AvgIpc) is 3.35. The fraction of sp³-hybridized carbons (Fsp3) is 0.103. The van der Waals surface area contributed by atoms with Gasteiger partial charge >= 0.3 is 6.03 Å². The first-order chi connectivity index (χ1) is 18.2. The number of pyridine rings is 1. The molecule has 38 heavy (non-hydrogen) atoms. The fourth-order valence-corrected chi connectivity index (χ4v) is 6.30. The van der Waals surface area contributed by atoms with Gasteiger partial charge in [0.1, 0.15) is 5.82 Å². The Hall–Kier alpha value is -4.21. The van der Waals surface area contributed by atoms with Gasteiger partial charge in [0.25, 0.3) is 0 Å². The summed E-state index contributed by atoms with van der Waals surface area (Å²) in [4.78, 5) is 17.1. The van der Waals surface area contributed by atoms with E-state index in [-0.39, 0.29) is 16.7 Å². The predicted molar refractivity (Wildman–Crippen MR) is 156 cm³/mol. The van der Waals surface area contributed by atoms with Crippen molar-refractivity contribution in [3.05, 3.63) is 89.9 Å². The maximum atomic E-state index is 12.4. The third-order valence-corrected chi connectivity index (χ3v) is 8.98. The van der Waals surface area contributed by atoms with Gasteiger partial charge in [-0.2, -0.15) is 0 Å². The van der Waals surface area contributed by atoms with Crippen LogP contribution in [0.15, 0.2) is 89.3 Å². The van der Waals surface area contributed by atoms with E-state index < -0.39 is 9.84 Å². The zero-order chi connectivity index (χ0) is 26.9. The number of thiophene rings is 1. The molecule has 5 aromatic rings. The fourth-order valence-electron chi connectivity index (χ4n) is 4.26. The number of aryl methyl sites for hydroxylation is 1. The quantitative estimate of drug-likeness (QED) is 0.215. The molecule has 7 nitrogen and oxygen atoms in total. The van der Waals surface area contributed by atoms with E-state index in [1.54, 1.807) is 31.3 Å². The summed E-state index contributed by atoms with van der Waals surface area (Å²) in [6.07, 6.45) is 1.69. The second kappa shape index (κ2) is 10.3. The van der Waals surface area contributed by atoms with Gasteiger partial charge in [0.15, 0.2) is 9.84 Å². The van der Waals surface area contributed by atoms with Crippen LogP contribution in [0.1, 0.15) is 12.5 Å². The van der Waals surface area contributed by atoms with E-state index >= 15 is 0 Å². The highest BCUT2D eigenvalue weighted by Crippen LogP contribution is 2.42. The van der Waals surface area contributed by atoms with Gasteiger partial charge in [0, 0.05) is 38.8 Å². The Morgan fingerprint density at radius 2 is 1.66 bits per heavy atom. The molecular formula is C29H26N4O3S2. The van der Waals surface area contributed by atoms with E-state index in [9.17, 15) is 13.2 Å². The van der Waals surface area contributed by atoms with Gasteiger partial charge in [0.05, 0.1) is 10.6 Å². The van der Waals surface area contributed by atoms with Crippen molar-refractivity contribution in [1.82, 2.24) is 4.98 Å². The number of amides is 2. The van der Waals surface area contributed by atoms with Crippen molar-refractivity contribution in [3.8, 4) is 22.3 Å². The Balaban J connectivity index is 1.43. The lowest BCUT2D eigenvalue weighted by atomic mass is 10.0. The largest absolute Gasteiger partial charge is 0.383 e. The molecule has 0 radical (unpaired) electrons. The van der Waals surface area contributed by atoms with Crippen LogP contribution in [0, 0.1) is 6.92 Å². The molecule has 0 spiro atoms. The SMILES string of the molecule is CCS(=O)(=O)c1cccc(-c2cnc(N)c3c(-c4ccc(NC(=O)Nc5cccc(C)c5)cc4)csc23)c1. The summed E-state index contributed by atoms with van der Waals surface area (Å²) in [6.45, 7) is 3.60. The summed E-state index contributed by atoms with van der Waals surface area (Å²) in [6, 6.07) is 21.7. The molecule has 0 unspecified atom stereocenters. The lowest BCUT2D eigenvalue weighted by molar-refractivity contribution is 0.262. The molecule has 0 atom stereocenters. The number of nitrogen functional groups attached to an aromatic ring is 1. The zero-order valence-corrected chi connectivity index (χ0v) is 22.5. The topological polar surface area (TPSA) is 114 Å². The molecular weight excluding hydrogens is 516 g/mol. The van der Waals surface area contributed by atoms with Crippen LogP contribution >= 0.6 is 11.3 Å². The molecule has 0 aliphatic rings. The second-order valence-electron chi connectivity index (χ2n) is 8.87. The molecule has 2 heterocycles. The van der Waals surface area contributed by atoms with Crippen LogP contribution in [0.25, 0.3) is 32.3 Å². The minimum Gasteiger partial charge on any atom is -0.383 e. The number of hydrogen-bond acceptors (Lipinski definition) is 6. The molecule has 0 bridgehead atoms. The Kier molecular flexibility index (Phi) is 6.88. The van der Waals surface area contributed by atoms with Crippen LogP contribution in [-0.2, 0) is 9.84 Å². The molecule has 0 aliphatic carbocycles. The molecule has 0 saturated carbocycles. The van der Waals surface area contributed by atoms with E-state index in [0.717, 1.165) is 43.6 Å². The van der Waals surface area contributed by atoms with Crippen LogP contribution in [0.3, 0.4) is 0 Å². The van der Waals surface area contributed by atoms with Crippen LogP contribution in [0.2, 0.25) is 0 Å². The van der Waals surface area contributed by atoms with Crippen molar-refractivity contribution in [2.24, 2.45) is 0 Å². The summed E-state index contributed by atoms with van der Waals surface area (Å²) >= 11 is 1.53. The highest BCUT2D eigenvalue weighted by Gasteiger charge is 2.17. The first-order valence-electron chi connectivity index (χ1n) is 12.0. The van der Waals surface area contributed by atoms with Crippen LogP contribution in [-0.4, -0.2) is 25.2 Å². The number of hydrogen-bond donors (Lipinski definition) is 3. The maximum absolute atomic E-state index is 12.4. The molecule has 192 valence electrons. The van der Waals surface area contributed by atoms with Crippen molar-refractivity contribution in [3.63, 3.8) is 0 Å². The third-order valence-electron chi connectivity index (χ3n) is 6.24. The second-order valence-corrected chi connectivity index (χ2v) is 12.0. The summed E-state index contributed by atoms with van der Waals surface area (Å²) in [5, 5.41) is 8.52. The lowest BCUT2D eigenvalue weighted by Gasteiger charge is -2.10. The van der Waals surface area contributed by atoms with Gasteiger partial charge in [-0.15, -0.1) is 11.3 Å². The highest BCUT2D eigenvalue weighted by atomic mass is 32.2. The molecule has 5 rings (SSSR count). The molecule has 0 fully saturated rings. The van der Waals surface area contributed by atoms with Gasteiger partial charge in [-0.3, -0.25) is 0 Å². The molecule has 3 aromatic carbocycles. The first kappa shape index (κ1) is 25.4. The number of carbonyl (C=O) groups is 1. The Labute approximate surface area is 225 Å². The number of nitrogens with zero attached hydrogens (tertiary/aromatic N) is 1. The van der Waals surface area contributed by atoms with E-state index in [0.29, 0.717) is 11.5 Å². The minimum absolute atomic E-state index is 0.0352. The Morgan fingerprint density at radius 1 is 0.921 bits per heavy atom. The summed E-state index contributed by atoms with van der Waals surface area (Å²) in [5.41, 5.74) is 12.2. The van der Waals surface area contributed by atoms with Crippen LogP contribution in [0.4, 0.5) is 22.0 Å². The number of carbonyl (C=O) groups excluding carboxylic acids is 1. The number of sulfone groups is 1. The molecule has 9 heteroatoms. The van der Waals surface area contributed by atoms with Gasteiger partial charge in [0.2, 0.25) is 0 Å². The molecule has 2 amide bonds. The summed E-state index contributed by atoms with van der Waals surface area (Å²) in [5.74, 6) is 0.435. The number of rotatable bonds is 6. The summed E-state index contributed by atoms with van der Waals surface area (Å²) in [7, 11) is -3.34. The number of benzene rings is 3. The van der Waals surface area contributed by atoms with E-state index in [4.69, 9.17) is 5.73 Å². The predicted octanol–water partition coefficient (Wildman–Crippen LogP) is 6.96. The molecule has 0 aliphatic heterocycles. The number of aromatic nitrogens is 1. The Bertz CT molecular complexity index is 1760. The van der Waals surface area contributed by atoms with Gasteiger partial charge in [-0.1, -0.05) is 43.3 Å². The third kappa shape index (κ3) is 5.11. The van der Waals surface area contributed by atoms with Crippen LogP contribution < -0.4 is 16.4 Å². The van der Waals surface area contributed by atoms with Crippen molar-refractivity contribution >= 4 is 54.5 Å². The monoisotopic (exact) mass is 542 g/mol. The number of fused-ring (bicyclic) bond motifs is 1. The molecule has 4 N–H and O–H groups in total. The van der Waals surface area contributed by atoms with Crippen LogP contribution in [0.5, 0.6) is 0 Å². The maximum Gasteiger partial charge on any atom is 0.323 e. The highest BCUT2D eigenvalue weighted by molar-refractivity contribution is 7.91. The normalized spacial score (nSPS) is 11.4. The van der Waals surface area contributed by atoms with E-state index in [2.05, 4.69) is 15.6 Å². The number of anilines is 3. The van der Waals surface area contributed by atoms with Crippen molar-refractivity contribution in [1.29, 1.82) is 0 Å². The molecule has 2 aromatic heterocycles. The van der Waals surface area contributed by atoms with E-state index in [1.165, 1.54) is 11.3 Å². The van der Waals surface area contributed by atoms with Gasteiger partial charge in [-0.05, 0) is 65.4 Å². The Morgan fingerprint density at radius 3 is 2.39 bits per heavy atom. The standard InChI is InChI=1S/C29H26N4O3S2/c1-3-38(35,36)23-9-5-7-20(15-23)24-16-31-28(30)26-25(17-37-27(24)26)19-10-12-21(13-11-19)32-29(34)33-22-8-4-6-18(2)14-22/h4-17H,3H2,1-2H3,(H2,30,31)(H2,32,33,34). The van der Waals surface area contributed by atoms with Gasteiger partial charge in [-0.25, -0.2) is 18.2 Å². The number of nitrogens with one attached hydrogen (secondary N) is 2. The average molecular weight is 543 g/mol. The zero-order valence-electron chi connectivity index (χ0n) is 20.9. The lowest BCUT2D eigenvalue weighted by Crippen LogP contribution is -2.19. The van der Waals surface area contributed by atoms with Gasteiger partial charge < -0.3 is 16.4 Å². The van der Waals surface area contributed by atoms with Crippen molar-refractivity contribution < 1.29 is 13.2 Å². The van der Waals surface area contributed by atoms with Crippen molar-refractivity contribution in [2.75, 3.05) is 22.1 Å². The summed E-state index contributed by atoms with van der Waals surface area (Å²) < 4.78 is 25.8. The number of urea groups is 1. The first-order valence-corrected chi connectivity index (χ1v) is 14.5. The number of nitrogens with two attached hydrogens (primary N) is 1. The van der Waals surface area contributed by atoms with E-state index in [1.807, 2.05) is 66.9 Å².